The van der Waals surface area contributed by atoms with Crippen molar-refractivity contribution in [3.05, 3.63) is 52.7 Å². The summed E-state index contributed by atoms with van der Waals surface area (Å²) in [5.74, 6) is -0.823. The maximum Gasteiger partial charge on any atom is 0.341 e. The minimum atomic E-state index is -1.26. The molecular formula is C15H12N4O3. The Balaban J connectivity index is 2.31. The lowest BCUT2D eigenvalue weighted by atomic mass is 10.2. The molecule has 110 valence electrons. The second kappa shape index (κ2) is 5.36. The topological polar surface area (TPSA) is 98.0 Å². The third kappa shape index (κ3) is 2.22. The lowest BCUT2D eigenvalue weighted by molar-refractivity contribution is 0.0695. The van der Waals surface area contributed by atoms with E-state index in [0.717, 1.165) is 5.56 Å². The number of aromatic carboxylic acids is 1. The molecule has 1 N–H and O–H groups in total. The van der Waals surface area contributed by atoms with E-state index in [2.05, 4.69) is 15.0 Å². The molecule has 0 amide bonds. The van der Waals surface area contributed by atoms with Gasteiger partial charge in [0.15, 0.2) is 5.82 Å². The van der Waals surface area contributed by atoms with Crippen LogP contribution in [0.3, 0.4) is 0 Å². The summed E-state index contributed by atoms with van der Waals surface area (Å²) >= 11 is 0. The zero-order chi connectivity index (χ0) is 15.7. The number of aryl methyl sites for hydroxylation is 1. The van der Waals surface area contributed by atoms with E-state index in [4.69, 9.17) is 5.11 Å². The molecule has 3 rings (SSSR count). The van der Waals surface area contributed by atoms with E-state index in [9.17, 15) is 9.59 Å². The van der Waals surface area contributed by atoms with Crippen LogP contribution in [0.25, 0.3) is 22.4 Å². The molecule has 22 heavy (non-hydrogen) atoms. The second-order valence-corrected chi connectivity index (χ2v) is 4.64. The summed E-state index contributed by atoms with van der Waals surface area (Å²) in [5, 5.41) is 9.30. The van der Waals surface area contributed by atoms with Crippen LogP contribution in [0.5, 0.6) is 0 Å². The van der Waals surface area contributed by atoms with Crippen molar-refractivity contribution in [2.75, 3.05) is 0 Å². The summed E-state index contributed by atoms with van der Waals surface area (Å²) < 4.78 is 1.63. The number of carboxylic acids is 1. The third-order valence-electron chi connectivity index (χ3n) is 3.31. The van der Waals surface area contributed by atoms with Crippen molar-refractivity contribution >= 4 is 17.0 Å². The van der Waals surface area contributed by atoms with Crippen LogP contribution in [0.4, 0.5) is 0 Å². The lowest BCUT2D eigenvalue weighted by Gasteiger charge is -2.10. The SMILES string of the molecule is CCn1cc(C(=O)O)c(=O)c2cnc(-c3cccnc3)nc21. The van der Waals surface area contributed by atoms with Crippen molar-refractivity contribution in [1.82, 2.24) is 19.5 Å². The first-order chi connectivity index (χ1) is 10.6. The Hall–Kier alpha value is -3.09. The minimum Gasteiger partial charge on any atom is -0.477 e. The van der Waals surface area contributed by atoms with Gasteiger partial charge in [0.2, 0.25) is 5.43 Å². The van der Waals surface area contributed by atoms with Crippen molar-refractivity contribution in [2.45, 2.75) is 13.5 Å². The van der Waals surface area contributed by atoms with E-state index in [1.54, 1.807) is 23.0 Å². The first-order valence-electron chi connectivity index (χ1n) is 6.65. The maximum atomic E-state index is 12.2. The van der Waals surface area contributed by atoms with Gasteiger partial charge >= 0.3 is 5.97 Å². The normalized spacial score (nSPS) is 10.8. The molecule has 0 unspecified atom stereocenters. The van der Waals surface area contributed by atoms with Gasteiger partial charge in [-0.1, -0.05) is 0 Å². The molecule has 0 atom stereocenters. The molecule has 0 saturated heterocycles. The first-order valence-corrected chi connectivity index (χ1v) is 6.65. The van der Waals surface area contributed by atoms with E-state index in [0.29, 0.717) is 18.0 Å². The smallest absolute Gasteiger partial charge is 0.341 e. The van der Waals surface area contributed by atoms with Crippen LogP contribution in [-0.2, 0) is 6.54 Å². The molecule has 0 bridgehead atoms. The highest BCUT2D eigenvalue weighted by atomic mass is 16.4. The van der Waals surface area contributed by atoms with Crippen LogP contribution in [-0.4, -0.2) is 30.6 Å². The molecule has 3 aromatic rings. The molecule has 3 heterocycles. The van der Waals surface area contributed by atoms with Crippen LogP contribution in [0.1, 0.15) is 17.3 Å². The van der Waals surface area contributed by atoms with Crippen molar-refractivity contribution < 1.29 is 9.90 Å². The van der Waals surface area contributed by atoms with Gasteiger partial charge in [0, 0.05) is 36.9 Å². The summed E-state index contributed by atoms with van der Waals surface area (Å²) in [6.45, 7) is 2.34. The van der Waals surface area contributed by atoms with Crippen molar-refractivity contribution in [3.8, 4) is 11.4 Å². The number of rotatable bonds is 3. The van der Waals surface area contributed by atoms with E-state index in [1.807, 2.05) is 13.0 Å². The monoisotopic (exact) mass is 296 g/mol. The molecule has 0 saturated carbocycles. The minimum absolute atomic E-state index is 0.189. The molecule has 7 nitrogen and oxygen atoms in total. The van der Waals surface area contributed by atoms with Gasteiger partial charge in [-0.2, -0.15) is 0 Å². The van der Waals surface area contributed by atoms with Gasteiger partial charge in [-0.05, 0) is 19.1 Å². The number of carbonyl (C=O) groups is 1. The van der Waals surface area contributed by atoms with Crippen LogP contribution in [0.15, 0.2) is 41.7 Å². The Morgan fingerprint density at radius 1 is 1.36 bits per heavy atom. The molecule has 0 aromatic carbocycles. The van der Waals surface area contributed by atoms with Gasteiger partial charge < -0.3 is 9.67 Å². The predicted octanol–water partition coefficient (Wildman–Crippen LogP) is 1.57. The standard InChI is InChI=1S/C15H12N4O3/c1-2-19-8-11(15(21)22)12(20)10-7-17-13(18-14(10)19)9-4-3-5-16-6-9/h3-8H,2H2,1H3,(H,21,22). The van der Waals surface area contributed by atoms with Gasteiger partial charge in [-0.25, -0.2) is 14.8 Å². The maximum absolute atomic E-state index is 12.2. The molecule has 0 spiro atoms. The number of nitrogens with zero attached hydrogens (tertiary/aromatic N) is 4. The van der Waals surface area contributed by atoms with Crippen LogP contribution >= 0.6 is 0 Å². The number of pyridine rings is 2. The van der Waals surface area contributed by atoms with Gasteiger partial charge in [0.05, 0.1) is 5.39 Å². The Morgan fingerprint density at radius 3 is 2.82 bits per heavy atom. The Labute approximate surface area is 124 Å². The molecule has 7 heteroatoms. The highest BCUT2D eigenvalue weighted by molar-refractivity contribution is 5.91. The van der Waals surface area contributed by atoms with Gasteiger partial charge in [0.1, 0.15) is 11.2 Å². The fourth-order valence-corrected chi connectivity index (χ4v) is 2.20. The highest BCUT2D eigenvalue weighted by Crippen LogP contribution is 2.16. The van der Waals surface area contributed by atoms with Crippen molar-refractivity contribution in [3.63, 3.8) is 0 Å². The number of hydrogen-bond donors (Lipinski definition) is 1. The summed E-state index contributed by atoms with van der Waals surface area (Å²) in [4.78, 5) is 35.9. The lowest BCUT2D eigenvalue weighted by Crippen LogP contribution is -2.19. The third-order valence-corrected chi connectivity index (χ3v) is 3.31. The van der Waals surface area contributed by atoms with E-state index >= 15 is 0 Å². The fourth-order valence-electron chi connectivity index (χ4n) is 2.20. The number of carboxylic acid groups (broad SMARTS) is 1. The van der Waals surface area contributed by atoms with E-state index in [1.165, 1.54) is 12.4 Å². The number of aromatic nitrogens is 4. The summed E-state index contributed by atoms with van der Waals surface area (Å²) in [6, 6.07) is 3.58. The fraction of sp³-hybridized carbons (Fsp3) is 0.133. The van der Waals surface area contributed by atoms with Crippen LogP contribution in [0.2, 0.25) is 0 Å². The summed E-state index contributed by atoms with van der Waals surface area (Å²) in [6.07, 6.45) is 5.95. The molecule has 3 aromatic heterocycles. The Morgan fingerprint density at radius 2 is 2.18 bits per heavy atom. The highest BCUT2D eigenvalue weighted by Gasteiger charge is 2.16. The van der Waals surface area contributed by atoms with Crippen LogP contribution < -0.4 is 5.43 Å². The predicted molar refractivity (Wildman–Crippen MR) is 79.7 cm³/mol. The molecule has 0 aliphatic rings. The molecule has 0 radical (unpaired) electrons. The quantitative estimate of drug-likeness (QED) is 0.787. The van der Waals surface area contributed by atoms with Crippen molar-refractivity contribution in [2.24, 2.45) is 0 Å². The number of fused-ring (bicyclic) bond motifs is 1. The van der Waals surface area contributed by atoms with Gasteiger partial charge in [0.25, 0.3) is 0 Å². The Kier molecular flexibility index (Phi) is 3.38. The Bertz CT molecular complexity index is 919. The first kappa shape index (κ1) is 13.9. The van der Waals surface area contributed by atoms with Gasteiger partial charge in [-0.3, -0.25) is 9.78 Å². The second-order valence-electron chi connectivity index (χ2n) is 4.64. The zero-order valence-electron chi connectivity index (χ0n) is 11.7. The average Bonchev–Trinajstić information content (AvgIpc) is 2.55. The van der Waals surface area contributed by atoms with E-state index < -0.39 is 11.4 Å². The van der Waals surface area contributed by atoms with E-state index in [-0.39, 0.29) is 10.9 Å². The molecule has 0 aliphatic carbocycles. The summed E-state index contributed by atoms with van der Waals surface area (Å²) in [5.41, 5.74) is 0.269. The van der Waals surface area contributed by atoms with Crippen molar-refractivity contribution in [1.29, 1.82) is 0 Å². The van der Waals surface area contributed by atoms with Gasteiger partial charge in [-0.15, -0.1) is 0 Å². The average molecular weight is 296 g/mol. The zero-order valence-corrected chi connectivity index (χ0v) is 11.7. The molecular weight excluding hydrogens is 284 g/mol. The molecule has 0 fully saturated rings. The summed E-state index contributed by atoms with van der Waals surface area (Å²) in [7, 11) is 0. The largest absolute Gasteiger partial charge is 0.477 e. The van der Waals surface area contributed by atoms with Crippen LogP contribution in [0, 0.1) is 0 Å². The number of hydrogen-bond acceptors (Lipinski definition) is 5. The molecule has 0 aliphatic heterocycles.